The van der Waals surface area contributed by atoms with Crippen LogP contribution in [0.5, 0.6) is 5.75 Å². The van der Waals surface area contributed by atoms with E-state index in [1.807, 2.05) is 6.92 Å². The van der Waals surface area contributed by atoms with E-state index in [9.17, 15) is 23.4 Å². The minimum atomic E-state index is -4.51. The van der Waals surface area contributed by atoms with E-state index in [0.29, 0.717) is 19.3 Å². The molecule has 1 aliphatic carbocycles. The Morgan fingerprint density at radius 1 is 1.26 bits per heavy atom. The highest BCUT2D eigenvalue weighted by Gasteiger charge is 2.44. The Hall–Kier alpha value is -1.56. The van der Waals surface area contributed by atoms with E-state index in [1.165, 1.54) is 6.07 Å². The summed E-state index contributed by atoms with van der Waals surface area (Å²) < 4.78 is 39.7. The standard InChI is InChI=1S/C17H20F3NO2/c1-9-12(10-7-16(2,23)8-10)3-4-13-14(17(18,19)20)5-11(22)6-15(13)21-9/h5-6,10,12,22-23H,3-4,7-8H2,1-2H3/t10-,12?,16+. The van der Waals surface area contributed by atoms with Crippen molar-refractivity contribution in [3.63, 3.8) is 0 Å². The molecule has 2 N–H and O–H groups in total. The summed E-state index contributed by atoms with van der Waals surface area (Å²) in [6.45, 7) is 3.60. The van der Waals surface area contributed by atoms with Crippen molar-refractivity contribution in [2.45, 2.75) is 51.3 Å². The third-order valence-corrected chi connectivity index (χ3v) is 5.03. The van der Waals surface area contributed by atoms with Gasteiger partial charge in [-0.2, -0.15) is 13.2 Å². The molecule has 6 heteroatoms. The molecule has 1 atom stereocenters. The van der Waals surface area contributed by atoms with E-state index < -0.39 is 23.1 Å². The van der Waals surface area contributed by atoms with Gasteiger partial charge in [0.15, 0.2) is 0 Å². The van der Waals surface area contributed by atoms with Crippen LogP contribution in [-0.2, 0) is 12.6 Å². The molecule has 0 saturated heterocycles. The van der Waals surface area contributed by atoms with E-state index in [2.05, 4.69) is 4.99 Å². The Morgan fingerprint density at radius 3 is 2.48 bits per heavy atom. The molecule has 0 amide bonds. The number of phenols is 1. The van der Waals surface area contributed by atoms with Crippen molar-refractivity contribution in [3.8, 4) is 5.75 Å². The molecule has 0 radical (unpaired) electrons. The summed E-state index contributed by atoms with van der Waals surface area (Å²) >= 11 is 0. The first-order valence-electron chi connectivity index (χ1n) is 7.77. The normalized spacial score (nSPS) is 31.0. The Morgan fingerprint density at radius 2 is 1.91 bits per heavy atom. The van der Waals surface area contributed by atoms with Crippen LogP contribution in [0.4, 0.5) is 18.9 Å². The Kier molecular flexibility index (Phi) is 3.71. The van der Waals surface area contributed by atoms with Gasteiger partial charge in [-0.3, -0.25) is 4.99 Å². The van der Waals surface area contributed by atoms with Crippen LogP contribution in [0.3, 0.4) is 0 Å². The second-order valence-corrected chi connectivity index (χ2v) is 7.05. The molecule has 0 bridgehead atoms. The smallest absolute Gasteiger partial charge is 0.416 e. The Bertz CT molecular complexity index is 657. The van der Waals surface area contributed by atoms with Crippen LogP contribution in [0.15, 0.2) is 17.1 Å². The zero-order chi connectivity index (χ0) is 17.0. The predicted molar refractivity (Wildman–Crippen MR) is 81.0 cm³/mol. The first-order valence-corrected chi connectivity index (χ1v) is 7.77. The number of fused-ring (bicyclic) bond motifs is 1. The third kappa shape index (κ3) is 3.09. The van der Waals surface area contributed by atoms with E-state index >= 15 is 0 Å². The molecular formula is C17H20F3NO2. The average molecular weight is 327 g/mol. The lowest BCUT2D eigenvalue weighted by Gasteiger charge is -2.45. The quantitative estimate of drug-likeness (QED) is 0.811. The van der Waals surface area contributed by atoms with Crippen LogP contribution < -0.4 is 0 Å². The molecule has 3 rings (SSSR count). The molecule has 1 aromatic rings. The Labute approximate surface area is 132 Å². The highest BCUT2D eigenvalue weighted by atomic mass is 19.4. The number of aromatic hydroxyl groups is 1. The summed E-state index contributed by atoms with van der Waals surface area (Å²) in [5.74, 6) is -0.0884. The molecule has 1 unspecified atom stereocenters. The number of phenolic OH excluding ortho intramolecular Hbond substituents is 1. The average Bonchev–Trinajstić information content (AvgIpc) is 2.52. The van der Waals surface area contributed by atoms with Crippen LogP contribution in [0.2, 0.25) is 0 Å². The molecule has 3 nitrogen and oxygen atoms in total. The lowest BCUT2D eigenvalue weighted by atomic mass is 9.64. The van der Waals surface area contributed by atoms with E-state index in [1.54, 1.807) is 6.92 Å². The molecule has 0 spiro atoms. The number of aliphatic imine (C=N–C) groups is 1. The minimum absolute atomic E-state index is 0.0749. The van der Waals surface area contributed by atoms with Crippen molar-refractivity contribution in [2.24, 2.45) is 16.8 Å². The third-order valence-electron chi connectivity index (χ3n) is 5.03. The van der Waals surface area contributed by atoms with Crippen LogP contribution >= 0.6 is 0 Å². The van der Waals surface area contributed by atoms with Gasteiger partial charge in [0.1, 0.15) is 5.75 Å². The minimum Gasteiger partial charge on any atom is -0.508 e. The topological polar surface area (TPSA) is 52.8 Å². The second kappa shape index (κ2) is 5.23. The summed E-state index contributed by atoms with van der Waals surface area (Å²) in [4.78, 5) is 4.38. The molecule has 1 heterocycles. The summed E-state index contributed by atoms with van der Waals surface area (Å²) in [7, 11) is 0. The van der Waals surface area contributed by atoms with Gasteiger partial charge in [-0.05, 0) is 57.1 Å². The Balaban J connectivity index is 1.95. The molecule has 0 aromatic heterocycles. The number of hydrogen-bond acceptors (Lipinski definition) is 3. The van der Waals surface area contributed by atoms with Gasteiger partial charge in [-0.15, -0.1) is 0 Å². The van der Waals surface area contributed by atoms with E-state index in [4.69, 9.17) is 0 Å². The van der Waals surface area contributed by atoms with Gasteiger partial charge in [-0.25, -0.2) is 0 Å². The summed E-state index contributed by atoms with van der Waals surface area (Å²) in [5.41, 5.74) is -0.320. The van der Waals surface area contributed by atoms with Crippen LogP contribution in [0.25, 0.3) is 0 Å². The van der Waals surface area contributed by atoms with Gasteiger partial charge in [-0.1, -0.05) is 0 Å². The molecule has 1 aromatic carbocycles. The number of benzene rings is 1. The molecule has 23 heavy (non-hydrogen) atoms. The maximum absolute atomic E-state index is 13.2. The lowest BCUT2D eigenvalue weighted by molar-refractivity contribution is -0.138. The van der Waals surface area contributed by atoms with Crippen molar-refractivity contribution in [1.29, 1.82) is 0 Å². The van der Waals surface area contributed by atoms with Gasteiger partial charge in [0.05, 0.1) is 16.9 Å². The van der Waals surface area contributed by atoms with Crippen LogP contribution in [0, 0.1) is 11.8 Å². The van der Waals surface area contributed by atoms with Crippen molar-refractivity contribution < 1.29 is 23.4 Å². The second-order valence-electron chi connectivity index (χ2n) is 7.05. The highest BCUT2D eigenvalue weighted by Crippen LogP contribution is 2.47. The zero-order valence-corrected chi connectivity index (χ0v) is 13.1. The number of alkyl halides is 3. The number of aliphatic hydroxyl groups is 1. The zero-order valence-electron chi connectivity index (χ0n) is 13.1. The van der Waals surface area contributed by atoms with Gasteiger partial charge in [0.25, 0.3) is 0 Å². The SMILES string of the molecule is CC1=Nc2cc(O)cc(C(F)(F)F)c2CCC1[C@H]1C[C@@](C)(O)C1. The molecule has 1 saturated carbocycles. The number of halogens is 3. The van der Waals surface area contributed by atoms with Crippen molar-refractivity contribution >= 4 is 11.4 Å². The maximum Gasteiger partial charge on any atom is 0.416 e. The summed E-state index contributed by atoms with van der Waals surface area (Å²) in [6.07, 6.45) is -2.35. The molecule has 1 aliphatic heterocycles. The summed E-state index contributed by atoms with van der Waals surface area (Å²) in [5, 5.41) is 19.5. The fraction of sp³-hybridized carbons (Fsp3) is 0.588. The van der Waals surface area contributed by atoms with Crippen molar-refractivity contribution in [3.05, 3.63) is 23.3 Å². The van der Waals surface area contributed by atoms with E-state index in [-0.39, 0.29) is 29.5 Å². The van der Waals surface area contributed by atoms with Gasteiger partial charge < -0.3 is 10.2 Å². The molecule has 126 valence electrons. The monoisotopic (exact) mass is 327 g/mol. The lowest BCUT2D eigenvalue weighted by Crippen LogP contribution is -2.45. The van der Waals surface area contributed by atoms with Crippen LogP contribution in [0.1, 0.15) is 44.2 Å². The fourth-order valence-electron chi connectivity index (χ4n) is 3.97. The molecule has 2 aliphatic rings. The highest BCUT2D eigenvalue weighted by molar-refractivity contribution is 5.88. The first kappa shape index (κ1) is 16.3. The van der Waals surface area contributed by atoms with Gasteiger partial charge >= 0.3 is 6.18 Å². The largest absolute Gasteiger partial charge is 0.508 e. The molecule has 1 fully saturated rings. The predicted octanol–water partition coefficient (Wildman–Crippen LogP) is 4.23. The number of nitrogens with zero attached hydrogens (tertiary/aromatic N) is 1. The number of rotatable bonds is 1. The summed E-state index contributed by atoms with van der Waals surface area (Å²) in [6, 6.07) is 2.07. The van der Waals surface area contributed by atoms with Crippen molar-refractivity contribution in [2.75, 3.05) is 0 Å². The maximum atomic E-state index is 13.2. The first-order chi connectivity index (χ1) is 10.6. The van der Waals surface area contributed by atoms with E-state index in [0.717, 1.165) is 11.8 Å². The van der Waals surface area contributed by atoms with Gasteiger partial charge in [0.2, 0.25) is 0 Å². The number of hydrogen-bond donors (Lipinski definition) is 2. The fourth-order valence-corrected chi connectivity index (χ4v) is 3.97. The van der Waals surface area contributed by atoms with Gasteiger partial charge in [0, 0.05) is 17.7 Å². The van der Waals surface area contributed by atoms with Crippen LogP contribution in [-0.4, -0.2) is 21.5 Å². The van der Waals surface area contributed by atoms with Crippen molar-refractivity contribution in [1.82, 2.24) is 0 Å². The molecular weight excluding hydrogens is 307 g/mol.